The molecular formula is C18H20FN3O2. The van der Waals surface area contributed by atoms with Crippen LogP contribution in [-0.4, -0.2) is 33.9 Å². The van der Waals surface area contributed by atoms with E-state index >= 15 is 0 Å². The Hall–Kier alpha value is -2.50. The number of aromatic nitrogens is 2. The lowest BCUT2D eigenvalue weighted by molar-refractivity contribution is -0.131. The molecule has 24 heavy (non-hydrogen) atoms. The summed E-state index contributed by atoms with van der Waals surface area (Å²) in [5, 5.41) is 0. The highest BCUT2D eigenvalue weighted by molar-refractivity contribution is 5.76. The first-order valence-electron chi connectivity index (χ1n) is 8.14. The van der Waals surface area contributed by atoms with Crippen molar-refractivity contribution < 1.29 is 9.18 Å². The molecule has 0 radical (unpaired) electrons. The monoisotopic (exact) mass is 329 g/mol. The highest BCUT2D eigenvalue weighted by Crippen LogP contribution is 2.13. The Bertz CT molecular complexity index is 816. The molecule has 1 aliphatic heterocycles. The third-order valence-corrected chi connectivity index (χ3v) is 4.34. The van der Waals surface area contributed by atoms with Gasteiger partial charge in [0.05, 0.1) is 5.69 Å². The second-order valence-electron chi connectivity index (χ2n) is 6.09. The summed E-state index contributed by atoms with van der Waals surface area (Å²) in [6, 6.07) is 6.32. The molecule has 1 N–H and O–H groups in total. The Balaban J connectivity index is 1.63. The van der Waals surface area contributed by atoms with Crippen molar-refractivity contribution in [3.8, 4) is 0 Å². The fourth-order valence-electron chi connectivity index (χ4n) is 3.08. The molecule has 0 saturated carbocycles. The topological polar surface area (TPSA) is 66.1 Å². The summed E-state index contributed by atoms with van der Waals surface area (Å²) in [6.45, 7) is 2.84. The molecule has 0 spiro atoms. The van der Waals surface area contributed by atoms with E-state index in [-0.39, 0.29) is 17.3 Å². The number of carbonyl (C=O) groups excluding carboxylic acids is 1. The maximum Gasteiger partial charge on any atom is 0.254 e. The van der Waals surface area contributed by atoms with Crippen molar-refractivity contribution in [2.24, 2.45) is 0 Å². The minimum atomic E-state index is -0.286. The number of nitrogens with one attached hydrogen (secondary N) is 1. The normalized spacial score (nSPS) is 14.2. The van der Waals surface area contributed by atoms with Crippen LogP contribution in [0.25, 0.3) is 0 Å². The number of hydrogen-bond donors (Lipinski definition) is 1. The number of amides is 1. The maximum atomic E-state index is 13.2. The van der Waals surface area contributed by atoms with Crippen molar-refractivity contribution >= 4 is 5.91 Å². The van der Waals surface area contributed by atoms with E-state index < -0.39 is 0 Å². The Morgan fingerprint density at radius 2 is 2.12 bits per heavy atom. The van der Waals surface area contributed by atoms with E-state index in [1.54, 1.807) is 17.9 Å². The van der Waals surface area contributed by atoms with E-state index in [1.165, 1.54) is 12.1 Å². The van der Waals surface area contributed by atoms with Crippen LogP contribution < -0.4 is 5.56 Å². The standard InChI is InChI=1S/C18H20FN3O2/c1-12-20-16-8-10-22(9-7-15(16)18(24)21-12)17(23)6-5-13-3-2-4-14(19)11-13/h2-4,11H,5-10H2,1H3,(H,20,21,24). The summed E-state index contributed by atoms with van der Waals surface area (Å²) in [6.07, 6.45) is 1.95. The molecule has 126 valence electrons. The highest BCUT2D eigenvalue weighted by Gasteiger charge is 2.21. The van der Waals surface area contributed by atoms with Crippen LogP contribution >= 0.6 is 0 Å². The molecule has 3 rings (SSSR count). The van der Waals surface area contributed by atoms with Crippen molar-refractivity contribution in [2.75, 3.05) is 13.1 Å². The molecule has 2 heterocycles. The summed E-state index contributed by atoms with van der Waals surface area (Å²) >= 11 is 0. The zero-order valence-electron chi connectivity index (χ0n) is 13.6. The Morgan fingerprint density at radius 3 is 2.92 bits per heavy atom. The van der Waals surface area contributed by atoms with Gasteiger partial charge < -0.3 is 9.88 Å². The summed E-state index contributed by atoms with van der Waals surface area (Å²) < 4.78 is 13.2. The third-order valence-electron chi connectivity index (χ3n) is 4.34. The minimum absolute atomic E-state index is 0.0280. The van der Waals surface area contributed by atoms with Gasteiger partial charge in [0.25, 0.3) is 5.56 Å². The molecule has 0 saturated heterocycles. The van der Waals surface area contributed by atoms with E-state index in [0.717, 1.165) is 11.3 Å². The first-order valence-corrected chi connectivity index (χ1v) is 8.14. The molecule has 0 bridgehead atoms. The van der Waals surface area contributed by atoms with E-state index in [4.69, 9.17) is 0 Å². The van der Waals surface area contributed by atoms with Gasteiger partial charge in [0, 0.05) is 31.5 Å². The number of fused-ring (bicyclic) bond motifs is 1. The predicted molar refractivity (Wildman–Crippen MR) is 88.3 cm³/mol. The second-order valence-corrected chi connectivity index (χ2v) is 6.09. The lowest BCUT2D eigenvalue weighted by Crippen LogP contribution is -2.33. The molecular weight excluding hydrogens is 309 g/mol. The van der Waals surface area contributed by atoms with Gasteiger partial charge in [0.2, 0.25) is 5.91 Å². The SMILES string of the molecule is Cc1nc2c(c(=O)[nH]1)CCN(C(=O)CCc1cccc(F)c1)CC2. The third kappa shape index (κ3) is 3.69. The molecule has 1 aromatic carbocycles. The van der Waals surface area contributed by atoms with E-state index in [0.29, 0.717) is 50.2 Å². The molecule has 0 atom stereocenters. The molecule has 5 nitrogen and oxygen atoms in total. The van der Waals surface area contributed by atoms with Crippen LogP contribution in [0.1, 0.15) is 29.1 Å². The minimum Gasteiger partial charge on any atom is -0.342 e. The van der Waals surface area contributed by atoms with Crippen molar-refractivity contribution in [1.29, 1.82) is 0 Å². The number of benzene rings is 1. The number of H-pyrrole nitrogens is 1. The lowest BCUT2D eigenvalue weighted by atomic mass is 10.1. The average Bonchev–Trinajstić information content (AvgIpc) is 2.75. The van der Waals surface area contributed by atoms with E-state index in [9.17, 15) is 14.0 Å². The Kier molecular flexibility index (Phi) is 4.74. The molecule has 0 aliphatic carbocycles. The lowest BCUT2D eigenvalue weighted by Gasteiger charge is -2.20. The highest BCUT2D eigenvalue weighted by atomic mass is 19.1. The number of rotatable bonds is 3. The first-order chi connectivity index (χ1) is 11.5. The van der Waals surface area contributed by atoms with Crippen molar-refractivity contribution in [2.45, 2.75) is 32.6 Å². The molecule has 1 aliphatic rings. The van der Waals surface area contributed by atoms with Gasteiger partial charge >= 0.3 is 0 Å². The van der Waals surface area contributed by atoms with Gasteiger partial charge in [0.1, 0.15) is 11.6 Å². The van der Waals surface area contributed by atoms with Crippen LogP contribution in [0.15, 0.2) is 29.1 Å². The van der Waals surface area contributed by atoms with Crippen molar-refractivity contribution in [1.82, 2.24) is 14.9 Å². The summed E-state index contributed by atoms with van der Waals surface area (Å²) in [5.74, 6) is 0.343. The van der Waals surface area contributed by atoms with Crippen molar-refractivity contribution in [3.63, 3.8) is 0 Å². The van der Waals surface area contributed by atoms with Gasteiger partial charge in [-0.25, -0.2) is 9.37 Å². The molecule has 1 aromatic heterocycles. The molecule has 6 heteroatoms. The summed E-state index contributed by atoms with van der Waals surface area (Å²) in [5.41, 5.74) is 2.18. The predicted octanol–water partition coefficient (Wildman–Crippen LogP) is 1.78. The summed E-state index contributed by atoms with van der Waals surface area (Å²) in [7, 11) is 0. The fraction of sp³-hybridized carbons (Fsp3) is 0.389. The largest absolute Gasteiger partial charge is 0.342 e. The maximum absolute atomic E-state index is 13.2. The van der Waals surface area contributed by atoms with Gasteiger partial charge in [-0.2, -0.15) is 0 Å². The Labute approximate surface area is 139 Å². The van der Waals surface area contributed by atoms with Crippen LogP contribution in [0, 0.1) is 12.7 Å². The number of aryl methyl sites for hydroxylation is 2. The van der Waals surface area contributed by atoms with Gasteiger partial charge in [0.15, 0.2) is 0 Å². The number of nitrogens with zero attached hydrogens (tertiary/aromatic N) is 2. The van der Waals surface area contributed by atoms with E-state index in [1.807, 2.05) is 6.07 Å². The van der Waals surface area contributed by atoms with Crippen LogP contribution in [0.4, 0.5) is 4.39 Å². The molecule has 0 unspecified atom stereocenters. The Morgan fingerprint density at radius 1 is 1.33 bits per heavy atom. The second kappa shape index (κ2) is 6.95. The van der Waals surface area contributed by atoms with Gasteiger partial charge in [-0.3, -0.25) is 9.59 Å². The van der Waals surface area contributed by atoms with Crippen LogP contribution in [0.3, 0.4) is 0 Å². The van der Waals surface area contributed by atoms with Crippen LogP contribution in [0.5, 0.6) is 0 Å². The smallest absolute Gasteiger partial charge is 0.254 e. The summed E-state index contributed by atoms with van der Waals surface area (Å²) in [4.78, 5) is 33.3. The average molecular weight is 329 g/mol. The van der Waals surface area contributed by atoms with Crippen LogP contribution in [-0.2, 0) is 24.1 Å². The van der Waals surface area contributed by atoms with Gasteiger partial charge in [-0.15, -0.1) is 0 Å². The molecule has 0 fully saturated rings. The first kappa shape index (κ1) is 16.4. The quantitative estimate of drug-likeness (QED) is 0.933. The number of hydrogen-bond acceptors (Lipinski definition) is 3. The van der Waals surface area contributed by atoms with E-state index in [2.05, 4.69) is 9.97 Å². The molecule has 2 aromatic rings. The van der Waals surface area contributed by atoms with Gasteiger partial charge in [-0.1, -0.05) is 12.1 Å². The van der Waals surface area contributed by atoms with Gasteiger partial charge in [-0.05, 0) is 37.5 Å². The number of carbonyl (C=O) groups is 1. The zero-order valence-corrected chi connectivity index (χ0v) is 13.6. The number of aromatic amines is 1. The molecule has 1 amide bonds. The number of halogens is 1. The van der Waals surface area contributed by atoms with Crippen molar-refractivity contribution in [3.05, 3.63) is 63.1 Å². The van der Waals surface area contributed by atoms with Crippen LogP contribution in [0.2, 0.25) is 0 Å². The zero-order chi connectivity index (χ0) is 17.1. The fourth-order valence-corrected chi connectivity index (χ4v) is 3.08.